The third kappa shape index (κ3) is 2.14. The van der Waals surface area contributed by atoms with E-state index in [1.165, 1.54) is 32.7 Å². The molecule has 3 aromatic carbocycles. The first-order valence-electron chi connectivity index (χ1n) is 8.08. The number of amides is 1. The number of carbonyl (C=O) groups is 1. The van der Waals surface area contributed by atoms with Crippen LogP contribution in [0.4, 0.5) is 0 Å². The largest absolute Gasteiger partial charge is 0.342 e. The Hall–Kier alpha value is -2.61. The molecule has 0 saturated heterocycles. The van der Waals surface area contributed by atoms with Gasteiger partial charge in [0.25, 0.3) is 0 Å². The fourth-order valence-electron chi connectivity index (χ4n) is 3.46. The van der Waals surface area contributed by atoms with Crippen LogP contribution in [-0.2, 0) is 11.2 Å². The molecule has 114 valence electrons. The van der Waals surface area contributed by atoms with E-state index in [1.807, 2.05) is 14.0 Å². The molecule has 0 atom stereocenters. The molecule has 1 amide bonds. The first-order valence-corrected chi connectivity index (χ1v) is 8.08. The van der Waals surface area contributed by atoms with Crippen LogP contribution in [0.2, 0.25) is 0 Å². The molecule has 4 rings (SSSR count). The Balaban J connectivity index is 1.85. The van der Waals surface area contributed by atoms with Crippen LogP contribution < -0.4 is 0 Å². The van der Waals surface area contributed by atoms with Gasteiger partial charge in [-0.3, -0.25) is 4.79 Å². The van der Waals surface area contributed by atoms with Gasteiger partial charge < -0.3 is 4.90 Å². The van der Waals surface area contributed by atoms with Crippen molar-refractivity contribution in [1.82, 2.24) is 4.90 Å². The average Bonchev–Trinajstić information content (AvgIpc) is 3.04. The summed E-state index contributed by atoms with van der Waals surface area (Å²) in [5.74, 6) is 0.137. The minimum absolute atomic E-state index is 0.137. The number of carbonyl (C=O) groups excluding carboxylic acids is 1. The van der Waals surface area contributed by atoms with E-state index < -0.39 is 0 Å². The normalized spacial score (nSPS) is 13.2. The molecule has 0 spiro atoms. The minimum Gasteiger partial charge on any atom is -0.342 e. The van der Waals surface area contributed by atoms with Gasteiger partial charge in [-0.05, 0) is 45.7 Å². The summed E-state index contributed by atoms with van der Waals surface area (Å²) in [4.78, 5) is 14.2. The third-order valence-electron chi connectivity index (χ3n) is 4.87. The lowest BCUT2D eigenvalue weighted by Gasteiger charge is -2.15. The van der Waals surface area contributed by atoms with E-state index >= 15 is 0 Å². The van der Waals surface area contributed by atoms with E-state index in [4.69, 9.17) is 0 Å². The van der Waals surface area contributed by atoms with Gasteiger partial charge in [0.1, 0.15) is 0 Å². The van der Waals surface area contributed by atoms with Gasteiger partial charge in [-0.15, -0.1) is 0 Å². The van der Waals surface area contributed by atoms with E-state index in [0.717, 1.165) is 18.5 Å². The molecular formula is C21H19NO. The summed E-state index contributed by atoms with van der Waals surface area (Å²) in [5, 5.41) is 5.07. The highest BCUT2D eigenvalue weighted by atomic mass is 16.2. The summed E-state index contributed by atoms with van der Waals surface area (Å²) >= 11 is 0. The van der Waals surface area contributed by atoms with Crippen molar-refractivity contribution in [2.45, 2.75) is 13.3 Å². The lowest BCUT2D eigenvalue weighted by molar-refractivity contribution is -0.125. The van der Waals surface area contributed by atoms with Gasteiger partial charge in [0.15, 0.2) is 0 Å². The molecule has 0 saturated carbocycles. The van der Waals surface area contributed by atoms with Crippen LogP contribution in [0.1, 0.15) is 18.1 Å². The Labute approximate surface area is 136 Å². The molecule has 0 bridgehead atoms. The third-order valence-corrected chi connectivity index (χ3v) is 4.87. The fourth-order valence-corrected chi connectivity index (χ4v) is 3.46. The topological polar surface area (TPSA) is 20.3 Å². The molecular weight excluding hydrogens is 282 g/mol. The number of likely N-dealkylation sites (N-methyl/N-ethyl adjacent to an activating group) is 1. The molecule has 0 heterocycles. The van der Waals surface area contributed by atoms with Gasteiger partial charge in [-0.1, -0.05) is 48.5 Å². The van der Waals surface area contributed by atoms with Crippen LogP contribution in [0.15, 0.2) is 54.1 Å². The minimum atomic E-state index is 0.137. The second-order valence-electron chi connectivity index (χ2n) is 6.18. The second kappa shape index (κ2) is 5.24. The Morgan fingerprint density at radius 1 is 1.00 bits per heavy atom. The SMILES string of the molecule is CCN(C)C(=O)C1=Cc2ccc3c(ccc4ccccc43)c2C1. The van der Waals surface area contributed by atoms with Gasteiger partial charge in [0.2, 0.25) is 5.91 Å². The highest BCUT2D eigenvalue weighted by Crippen LogP contribution is 2.35. The van der Waals surface area contributed by atoms with Crippen LogP contribution in [-0.4, -0.2) is 24.4 Å². The molecule has 2 nitrogen and oxygen atoms in total. The zero-order chi connectivity index (χ0) is 16.0. The molecule has 0 aromatic heterocycles. The number of benzene rings is 3. The number of rotatable bonds is 2. The van der Waals surface area contributed by atoms with Crippen molar-refractivity contribution in [1.29, 1.82) is 0 Å². The summed E-state index contributed by atoms with van der Waals surface area (Å²) < 4.78 is 0. The quantitative estimate of drug-likeness (QED) is 0.642. The molecule has 0 radical (unpaired) electrons. The molecule has 3 aromatic rings. The molecule has 1 aliphatic rings. The molecule has 0 N–H and O–H groups in total. The molecule has 0 fully saturated rings. The van der Waals surface area contributed by atoms with Crippen molar-refractivity contribution in [2.24, 2.45) is 0 Å². The summed E-state index contributed by atoms with van der Waals surface area (Å²) in [6, 6.07) is 17.2. The molecule has 2 heteroatoms. The molecule has 0 unspecified atom stereocenters. The van der Waals surface area contributed by atoms with Crippen molar-refractivity contribution in [3.8, 4) is 0 Å². The van der Waals surface area contributed by atoms with Crippen LogP contribution in [0, 0.1) is 0 Å². The first-order chi connectivity index (χ1) is 11.2. The number of fused-ring (bicyclic) bond motifs is 5. The monoisotopic (exact) mass is 301 g/mol. The standard InChI is InChI=1S/C21H19NO/c1-3-22(2)21(23)16-12-15-9-11-18-17-7-5-4-6-14(17)8-10-19(18)20(15)13-16/h4-12H,3,13H2,1-2H3. The van der Waals surface area contributed by atoms with Gasteiger partial charge in [0, 0.05) is 25.6 Å². The zero-order valence-corrected chi connectivity index (χ0v) is 13.5. The number of hydrogen-bond acceptors (Lipinski definition) is 1. The smallest absolute Gasteiger partial charge is 0.249 e. The summed E-state index contributed by atoms with van der Waals surface area (Å²) in [5.41, 5.74) is 3.35. The van der Waals surface area contributed by atoms with Crippen LogP contribution in [0.25, 0.3) is 27.6 Å². The van der Waals surface area contributed by atoms with E-state index in [0.29, 0.717) is 0 Å². The molecule has 1 aliphatic carbocycles. The fraction of sp³-hybridized carbons (Fsp3) is 0.190. The average molecular weight is 301 g/mol. The summed E-state index contributed by atoms with van der Waals surface area (Å²) in [7, 11) is 1.86. The second-order valence-corrected chi connectivity index (χ2v) is 6.18. The zero-order valence-electron chi connectivity index (χ0n) is 13.5. The highest BCUT2D eigenvalue weighted by molar-refractivity contribution is 6.11. The van der Waals surface area contributed by atoms with Crippen molar-refractivity contribution >= 4 is 33.5 Å². The summed E-state index contributed by atoms with van der Waals surface area (Å²) in [6.07, 6.45) is 2.78. The van der Waals surface area contributed by atoms with E-state index in [9.17, 15) is 4.79 Å². The van der Waals surface area contributed by atoms with Gasteiger partial charge in [0.05, 0.1) is 0 Å². The van der Waals surface area contributed by atoms with Gasteiger partial charge in [-0.25, -0.2) is 0 Å². The van der Waals surface area contributed by atoms with Crippen molar-refractivity contribution in [2.75, 3.05) is 13.6 Å². The maximum absolute atomic E-state index is 12.5. The van der Waals surface area contributed by atoms with Crippen LogP contribution in [0.3, 0.4) is 0 Å². The van der Waals surface area contributed by atoms with Crippen molar-refractivity contribution < 1.29 is 4.79 Å². The lowest BCUT2D eigenvalue weighted by atomic mass is 9.95. The Bertz CT molecular complexity index is 968. The Morgan fingerprint density at radius 2 is 1.78 bits per heavy atom. The Kier molecular flexibility index (Phi) is 3.19. The maximum atomic E-state index is 12.5. The van der Waals surface area contributed by atoms with Crippen molar-refractivity contribution in [3.05, 3.63) is 65.2 Å². The van der Waals surface area contributed by atoms with Crippen LogP contribution in [0.5, 0.6) is 0 Å². The van der Waals surface area contributed by atoms with E-state index in [1.54, 1.807) is 4.90 Å². The molecule has 0 aliphatic heterocycles. The first kappa shape index (κ1) is 14.0. The number of hydrogen-bond donors (Lipinski definition) is 0. The lowest BCUT2D eigenvalue weighted by Crippen LogP contribution is -2.27. The van der Waals surface area contributed by atoms with E-state index in [-0.39, 0.29) is 5.91 Å². The van der Waals surface area contributed by atoms with Gasteiger partial charge in [-0.2, -0.15) is 0 Å². The van der Waals surface area contributed by atoms with Crippen LogP contribution >= 0.6 is 0 Å². The highest BCUT2D eigenvalue weighted by Gasteiger charge is 2.22. The summed E-state index contributed by atoms with van der Waals surface area (Å²) in [6.45, 7) is 2.74. The Morgan fingerprint density at radius 3 is 2.61 bits per heavy atom. The van der Waals surface area contributed by atoms with Gasteiger partial charge >= 0.3 is 0 Å². The number of nitrogens with zero attached hydrogens (tertiary/aromatic N) is 1. The predicted molar refractivity (Wildman–Crippen MR) is 96.4 cm³/mol. The van der Waals surface area contributed by atoms with E-state index in [2.05, 4.69) is 54.6 Å². The predicted octanol–water partition coefficient (Wildman–Crippen LogP) is 4.41. The molecule has 23 heavy (non-hydrogen) atoms. The van der Waals surface area contributed by atoms with Crippen molar-refractivity contribution in [3.63, 3.8) is 0 Å². The maximum Gasteiger partial charge on any atom is 0.249 e.